The highest BCUT2D eigenvalue weighted by atomic mass is 32.1. The van der Waals surface area contributed by atoms with Crippen LogP contribution in [-0.2, 0) is 4.79 Å². The van der Waals surface area contributed by atoms with Crippen molar-refractivity contribution < 1.29 is 9.90 Å². The van der Waals surface area contributed by atoms with Gasteiger partial charge in [-0.15, -0.1) is 0 Å². The molecule has 1 aliphatic rings. The summed E-state index contributed by atoms with van der Waals surface area (Å²) in [6.45, 7) is 4.34. The zero-order valence-electron chi connectivity index (χ0n) is 8.45. The number of carboxylic acids is 1. The zero-order valence-corrected chi connectivity index (χ0v) is 9.34. The summed E-state index contributed by atoms with van der Waals surface area (Å²) in [7, 11) is 0. The first-order chi connectivity index (χ1) is 6.41. The second kappa shape index (κ2) is 4.21. The first-order valence-corrected chi connectivity index (χ1v) is 5.11. The van der Waals surface area contributed by atoms with Crippen LogP contribution in [0, 0.1) is 0 Å². The molecule has 2 N–H and O–H groups in total. The Hall–Kier alpha value is -0.710. The Balaban J connectivity index is 2.65. The summed E-state index contributed by atoms with van der Waals surface area (Å²) < 4.78 is -0.600. The van der Waals surface area contributed by atoms with Crippen molar-refractivity contribution in [3.8, 4) is 0 Å². The number of amidine groups is 1. The van der Waals surface area contributed by atoms with Crippen molar-refractivity contribution in [2.24, 2.45) is 4.99 Å². The highest BCUT2D eigenvalue weighted by Gasteiger charge is 2.33. The van der Waals surface area contributed by atoms with E-state index in [2.05, 4.69) is 22.9 Å². The lowest BCUT2D eigenvalue weighted by Crippen LogP contribution is -2.51. The Morgan fingerprint density at radius 1 is 1.71 bits per heavy atom. The molecular weight excluding hydrogens is 200 g/mol. The Morgan fingerprint density at radius 3 is 2.71 bits per heavy atom. The summed E-state index contributed by atoms with van der Waals surface area (Å²) in [5.41, 5.74) is 0. The number of rotatable bonds is 3. The lowest BCUT2D eigenvalue weighted by Gasteiger charge is -2.27. The number of hydrogen-bond donors (Lipinski definition) is 3. The van der Waals surface area contributed by atoms with Gasteiger partial charge in [0.05, 0.1) is 5.84 Å². The van der Waals surface area contributed by atoms with Crippen molar-refractivity contribution in [1.82, 2.24) is 5.32 Å². The predicted octanol–water partition coefficient (Wildman–Crippen LogP) is 0.930. The molecule has 0 fully saturated rings. The molecule has 0 aliphatic carbocycles. The smallest absolute Gasteiger partial charge is 0.327 e. The predicted molar refractivity (Wildman–Crippen MR) is 59.2 cm³/mol. The maximum atomic E-state index is 11.0. The van der Waals surface area contributed by atoms with Crippen molar-refractivity contribution >= 4 is 24.4 Å². The molecule has 0 aromatic heterocycles. The fourth-order valence-corrected chi connectivity index (χ4v) is 1.54. The summed E-state index contributed by atoms with van der Waals surface area (Å²) in [4.78, 5) is 15.1. The van der Waals surface area contributed by atoms with Crippen molar-refractivity contribution in [3.05, 3.63) is 0 Å². The number of nitrogens with zero attached hydrogens (tertiary/aromatic N) is 1. The molecular formula is C9H16N2O2S. The number of aliphatic carboxylic acids is 1. The average Bonchev–Trinajstić information content (AvgIpc) is 2.48. The maximum Gasteiger partial charge on any atom is 0.327 e. The molecule has 0 aromatic rings. The first-order valence-electron chi connectivity index (χ1n) is 4.66. The van der Waals surface area contributed by atoms with Gasteiger partial charge in [-0.2, -0.15) is 12.6 Å². The Morgan fingerprint density at radius 2 is 2.36 bits per heavy atom. The van der Waals surface area contributed by atoms with E-state index in [1.165, 1.54) is 0 Å². The van der Waals surface area contributed by atoms with E-state index in [9.17, 15) is 4.79 Å². The van der Waals surface area contributed by atoms with Crippen molar-refractivity contribution in [2.45, 2.75) is 37.5 Å². The molecule has 14 heavy (non-hydrogen) atoms. The van der Waals surface area contributed by atoms with Gasteiger partial charge in [0.15, 0.2) is 0 Å². The largest absolute Gasteiger partial charge is 0.480 e. The highest BCUT2D eigenvalue weighted by molar-refractivity contribution is 7.81. The van der Waals surface area contributed by atoms with Crippen LogP contribution in [0.15, 0.2) is 4.99 Å². The number of thiol groups is 1. The summed E-state index contributed by atoms with van der Waals surface area (Å²) in [5, 5.41) is 11.9. The van der Waals surface area contributed by atoms with Crippen molar-refractivity contribution in [3.63, 3.8) is 0 Å². The van der Waals surface area contributed by atoms with E-state index in [1.807, 2.05) is 0 Å². The third-order valence-electron chi connectivity index (χ3n) is 2.14. The molecule has 0 spiro atoms. The molecule has 4 nitrogen and oxygen atoms in total. The second-order valence-corrected chi connectivity index (χ2v) is 5.15. The van der Waals surface area contributed by atoms with Gasteiger partial charge in [-0.05, 0) is 20.3 Å². The van der Waals surface area contributed by atoms with Gasteiger partial charge in [0, 0.05) is 17.7 Å². The number of carbonyl (C=O) groups is 1. The van der Waals surface area contributed by atoms with Gasteiger partial charge >= 0.3 is 5.97 Å². The molecule has 1 aliphatic heterocycles. The number of nitrogens with one attached hydrogen (secondary N) is 1. The molecule has 0 aromatic carbocycles. The molecule has 0 amide bonds. The van der Waals surface area contributed by atoms with Crippen LogP contribution < -0.4 is 5.32 Å². The highest BCUT2D eigenvalue weighted by Crippen LogP contribution is 2.18. The van der Waals surface area contributed by atoms with Crippen LogP contribution in [0.4, 0.5) is 0 Å². The van der Waals surface area contributed by atoms with E-state index < -0.39 is 16.8 Å². The van der Waals surface area contributed by atoms with Crippen molar-refractivity contribution in [1.29, 1.82) is 0 Å². The zero-order chi connectivity index (χ0) is 10.8. The Labute approximate surface area is 89.2 Å². The second-order valence-electron chi connectivity index (χ2n) is 4.00. The molecule has 1 heterocycles. The van der Waals surface area contributed by atoms with Gasteiger partial charge < -0.3 is 10.4 Å². The monoisotopic (exact) mass is 216 g/mol. The van der Waals surface area contributed by atoms with Gasteiger partial charge in [0.2, 0.25) is 0 Å². The summed E-state index contributed by atoms with van der Waals surface area (Å²) in [5.74, 6) is -0.0980. The summed E-state index contributed by atoms with van der Waals surface area (Å²) >= 11 is 4.26. The van der Waals surface area contributed by atoms with E-state index in [1.54, 1.807) is 13.8 Å². The fourth-order valence-electron chi connectivity index (χ4n) is 1.36. The first kappa shape index (κ1) is 11.4. The van der Waals surface area contributed by atoms with Crippen LogP contribution in [0.5, 0.6) is 0 Å². The Bertz CT molecular complexity index is 258. The van der Waals surface area contributed by atoms with Crippen LogP contribution in [0.3, 0.4) is 0 Å². The van der Waals surface area contributed by atoms with Gasteiger partial charge in [0.1, 0.15) is 6.04 Å². The molecule has 80 valence electrons. The normalized spacial score (nSPS) is 18.9. The lowest BCUT2D eigenvalue weighted by atomic mass is 10.0. The number of aliphatic imine (C=N–C) groups is 1. The average molecular weight is 216 g/mol. The van der Waals surface area contributed by atoms with E-state index in [-0.39, 0.29) is 0 Å². The number of hydrogen-bond acceptors (Lipinski definition) is 4. The quantitative estimate of drug-likeness (QED) is 0.615. The topological polar surface area (TPSA) is 61.7 Å². The minimum Gasteiger partial charge on any atom is -0.480 e. The third-order valence-corrected chi connectivity index (χ3v) is 2.40. The van der Waals surface area contributed by atoms with E-state index in [0.29, 0.717) is 0 Å². The van der Waals surface area contributed by atoms with Crippen molar-refractivity contribution in [2.75, 3.05) is 6.54 Å². The molecule has 0 bridgehead atoms. The molecule has 1 rings (SSSR count). The Kier molecular flexibility index (Phi) is 3.42. The summed E-state index contributed by atoms with van der Waals surface area (Å²) in [6.07, 6.45) is 1.84. The van der Waals surface area contributed by atoms with Crippen LogP contribution in [0.25, 0.3) is 0 Å². The molecule has 0 saturated heterocycles. The van der Waals surface area contributed by atoms with Crippen LogP contribution in [0.1, 0.15) is 26.7 Å². The van der Waals surface area contributed by atoms with Gasteiger partial charge in [-0.1, -0.05) is 0 Å². The van der Waals surface area contributed by atoms with E-state index in [4.69, 9.17) is 5.11 Å². The molecule has 0 radical (unpaired) electrons. The van der Waals surface area contributed by atoms with Gasteiger partial charge in [-0.3, -0.25) is 4.99 Å². The molecule has 1 atom stereocenters. The number of carboxylic acid groups (broad SMARTS) is 1. The van der Waals surface area contributed by atoms with E-state index in [0.717, 1.165) is 25.2 Å². The molecule has 0 saturated carbocycles. The third kappa shape index (κ3) is 2.90. The van der Waals surface area contributed by atoms with Crippen LogP contribution in [-0.4, -0.2) is 34.2 Å². The maximum absolute atomic E-state index is 11.0. The SMILES string of the molecule is CC(C)(S)C(NC1=NCCC1)C(=O)O. The van der Waals surface area contributed by atoms with Gasteiger partial charge in [-0.25, -0.2) is 4.79 Å². The molecule has 5 heteroatoms. The fraction of sp³-hybridized carbons (Fsp3) is 0.778. The summed E-state index contributed by atoms with van der Waals surface area (Å²) in [6, 6.07) is -0.692. The molecule has 1 unspecified atom stereocenters. The minimum atomic E-state index is -0.889. The minimum absolute atomic E-state index is 0.600. The van der Waals surface area contributed by atoms with Crippen LogP contribution >= 0.6 is 12.6 Å². The lowest BCUT2D eigenvalue weighted by molar-refractivity contribution is -0.139. The van der Waals surface area contributed by atoms with Gasteiger partial charge in [0.25, 0.3) is 0 Å². The van der Waals surface area contributed by atoms with Crippen LogP contribution in [0.2, 0.25) is 0 Å². The van der Waals surface area contributed by atoms with E-state index >= 15 is 0 Å². The standard InChI is InChI=1S/C9H16N2O2S/c1-9(2,14)7(8(12)13)11-6-4-3-5-10-6/h7,14H,3-5H2,1-2H3,(H,10,11)(H,12,13).